The van der Waals surface area contributed by atoms with Crippen LogP contribution in [0.1, 0.15) is 63.0 Å². The molecule has 1 heteroatoms. The first-order chi connectivity index (χ1) is 7.69. The molecular formula is C15H24S. The summed E-state index contributed by atoms with van der Waals surface area (Å²) in [7, 11) is 0. The van der Waals surface area contributed by atoms with Crippen LogP contribution in [-0.4, -0.2) is 0 Å². The molecule has 1 aromatic rings. The van der Waals surface area contributed by atoms with Gasteiger partial charge in [0.2, 0.25) is 0 Å². The predicted molar refractivity (Wildman–Crippen MR) is 75.6 cm³/mol. The van der Waals surface area contributed by atoms with E-state index in [9.17, 15) is 0 Å². The van der Waals surface area contributed by atoms with Gasteiger partial charge in [-0.15, -0.1) is 12.6 Å². The summed E-state index contributed by atoms with van der Waals surface area (Å²) in [4.78, 5) is 1.13. The zero-order chi connectivity index (χ0) is 12.0. The van der Waals surface area contributed by atoms with Gasteiger partial charge in [0.15, 0.2) is 0 Å². The molecule has 0 N–H and O–H groups in total. The Labute approximate surface area is 106 Å². The molecule has 0 aliphatic rings. The van der Waals surface area contributed by atoms with Crippen LogP contribution in [0.5, 0.6) is 0 Å². The van der Waals surface area contributed by atoms with Crippen molar-refractivity contribution in [1.82, 2.24) is 0 Å². The second-order valence-electron chi connectivity index (χ2n) is 4.67. The van der Waals surface area contributed by atoms with Gasteiger partial charge in [-0.3, -0.25) is 0 Å². The molecule has 0 spiro atoms. The molecule has 0 aliphatic carbocycles. The molecule has 0 nitrogen and oxygen atoms in total. The fourth-order valence-corrected chi connectivity index (χ4v) is 2.38. The predicted octanol–water partition coefficient (Wildman–Crippen LogP) is 5.36. The van der Waals surface area contributed by atoms with E-state index in [2.05, 4.69) is 51.6 Å². The fraction of sp³-hybridized carbons (Fsp3) is 0.600. The van der Waals surface area contributed by atoms with Crippen molar-refractivity contribution >= 4 is 12.6 Å². The van der Waals surface area contributed by atoms with Crippen LogP contribution in [0, 0.1) is 6.92 Å². The number of unbranched alkanes of at least 4 members (excludes halogenated alkanes) is 1. The van der Waals surface area contributed by atoms with Crippen LogP contribution >= 0.6 is 12.6 Å². The lowest BCUT2D eigenvalue weighted by Crippen LogP contribution is -1.99. The van der Waals surface area contributed by atoms with Crippen molar-refractivity contribution in [3.63, 3.8) is 0 Å². The molecule has 1 aromatic carbocycles. The van der Waals surface area contributed by atoms with Crippen molar-refractivity contribution in [2.45, 2.75) is 63.7 Å². The highest BCUT2D eigenvalue weighted by Gasteiger charge is 2.10. The van der Waals surface area contributed by atoms with Gasteiger partial charge in [0, 0.05) is 4.90 Å². The minimum atomic E-state index is 0.733. The van der Waals surface area contributed by atoms with E-state index >= 15 is 0 Å². The van der Waals surface area contributed by atoms with E-state index in [0.29, 0.717) is 0 Å². The van der Waals surface area contributed by atoms with E-state index in [1.54, 1.807) is 0 Å². The van der Waals surface area contributed by atoms with Gasteiger partial charge in [-0.05, 0) is 42.9 Å². The Kier molecular flexibility index (Phi) is 5.97. The SMILES string of the molecule is CCCCC(CCC)c1ccc(C)c(S)c1. The fourth-order valence-electron chi connectivity index (χ4n) is 2.16. The zero-order valence-electron chi connectivity index (χ0n) is 10.8. The highest BCUT2D eigenvalue weighted by atomic mass is 32.1. The third kappa shape index (κ3) is 3.86. The van der Waals surface area contributed by atoms with Gasteiger partial charge >= 0.3 is 0 Å². The van der Waals surface area contributed by atoms with E-state index < -0.39 is 0 Å². The van der Waals surface area contributed by atoms with Gasteiger partial charge in [-0.2, -0.15) is 0 Å². The first kappa shape index (κ1) is 13.6. The van der Waals surface area contributed by atoms with Gasteiger partial charge in [0.25, 0.3) is 0 Å². The van der Waals surface area contributed by atoms with E-state index in [1.807, 2.05) is 0 Å². The average Bonchev–Trinajstić information content (AvgIpc) is 2.28. The highest BCUT2D eigenvalue weighted by molar-refractivity contribution is 7.80. The second-order valence-corrected chi connectivity index (χ2v) is 5.16. The lowest BCUT2D eigenvalue weighted by molar-refractivity contribution is 0.540. The molecule has 16 heavy (non-hydrogen) atoms. The Morgan fingerprint density at radius 3 is 2.44 bits per heavy atom. The smallest absolute Gasteiger partial charge is 0.00720 e. The molecule has 0 radical (unpaired) electrons. The maximum absolute atomic E-state index is 4.52. The van der Waals surface area contributed by atoms with Crippen molar-refractivity contribution in [1.29, 1.82) is 0 Å². The van der Waals surface area contributed by atoms with E-state index in [-0.39, 0.29) is 0 Å². The van der Waals surface area contributed by atoms with Gasteiger partial charge in [-0.25, -0.2) is 0 Å². The van der Waals surface area contributed by atoms with Crippen LogP contribution in [-0.2, 0) is 0 Å². The van der Waals surface area contributed by atoms with Crippen LogP contribution in [0.3, 0.4) is 0 Å². The largest absolute Gasteiger partial charge is 0.143 e. The molecule has 1 atom stereocenters. The summed E-state index contributed by atoms with van der Waals surface area (Å²) in [5.41, 5.74) is 2.75. The molecular weight excluding hydrogens is 212 g/mol. The minimum absolute atomic E-state index is 0.733. The lowest BCUT2D eigenvalue weighted by atomic mass is 9.89. The van der Waals surface area contributed by atoms with Crippen LogP contribution in [0.4, 0.5) is 0 Å². The molecule has 0 heterocycles. The molecule has 0 aliphatic heterocycles. The number of aryl methyl sites for hydroxylation is 1. The van der Waals surface area contributed by atoms with Crippen molar-refractivity contribution in [2.75, 3.05) is 0 Å². The molecule has 0 aromatic heterocycles. The molecule has 0 bridgehead atoms. The molecule has 1 unspecified atom stereocenters. The average molecular weight is 236 g/mol. The minimum Gasteiger partial charge on any atom is -0.143 e. The molecule has 0 amide bonds. The van der Waals surface area contributed by atoms with Crippen molar-refractivity contribution < 1.29 is 0 Å². The Morgan fingerprint density at radius 2 is 1.88 bits per heavy atom. The number of hydrogen-bond donors (Lipinski definition) is 1. The van der Waals surface area contributed by atoms with E-state index in [1.165, 1.54) is 43.2 Å². The molecule has 0 fully saturated rings. The molecule has 90 valence electrons. The first-order valence-corrected chi connectivity index (χ1v) is 6.93. The highest BCUT2D eigenvalue weighted by Crippen LogP contribution is 2.29. The Hall–Kier alpha value is -0.430. The number of benzene rings is 1. The Bertz CT molecular complexity index is 317. The summed E-state index contributed by atoms with van der Waals surface area (Å²) in [6, 6.07) is 6.74. The van der Waals surface area contributed by atoms with Gasteiger partial charge in [-0.1, -0.05) is 45.2 Å². The monoisotopic (exact) mass is 236 g/mol. The van der Waals surface area contributed by atoms with Gasteiger partial charge < -0.3 is 0 Å². The molecule has 0 saturated carbocycles. The standard InChI is InChI=1S/C15H24S/c1-4-6-8-13(7-5-2)14-10-9-12(3)15(16)11-14/h9-11,13,16H,4-8H2,1-3H3. The molecule has 0 saturated heterocycles. The summed E-state index contributed by atoms with van der Waals surface area (Å²) >= 11 is 4.52. The van der Waals surface area contributed by atoms with Crippen molar-refractivity contribution in [3.05, 3.63) is 29.3 Å². The normalized spacial score (nSPS) is 12.8. The summed E-state index contributed by atoms with van der Waals surface area (Å²) < 4.78 is 0. The van der Waals surface area contributed by atoms with E-state index in [4.69, 9.17) is 0 Å². The summed E-state index contributed by atoms with van der Waals surface area (Å²) in [6.45, 7) is 6.66. The third-order valence-corrected chi connectivity index (χ3v) is 3.73. The van der Waals surface area contributed by atoms with Crippen LogP contribution in [0.2, 0.25) is 0 Å². The van der Waals surface area contributed by atoms with E-state index in [0.717, 1.165) is 10.8 Å². The summed E-state index contributed by atoms with van der Waals surface area (Å²) in [5.74, 6) is 0.733. The number of rotatable bonds is 6. The summed E-state index contributed by atoms with van der Waals surface area (Å²) in [5, 5.41) is 0. The maximum atomic E-state index is 4.52. The topological polar surface area (TPSA) is 0 Å². The third-order valence-electron chi connectivity index (χ3n) is 3.25. The molecule has 1 rings (SSSR count). The Morgan fingerprint density at radius 1 is 1.12 bits per heavy atom. The zero-order valence-corrected chi connectivity index (χ0v) is 11.7. The maximum Gasteiger partial charge on any atom is 0.00720 e. The lowest BCUT2D eigenvalue weighted by Gasteiger charge is -2.17. The van der Waals surface area contributed by atoms with Gasteiger partial charge in [0.1, 0.15) is 0 Å². The number of thiol groups is 1. The Balaban J connectivity index is 2.78. The van der Waals surface area contributed by atoms with Crippen molar-refractivity contribution in [3.8, 4) is 0 Å². The van der Waals surface area contributed by atoms with Crippen molar-refractivity contribution in [2.24, 2.45) is 0 Å². The van der Waals surface area contributed by atoms with Crippen LogP contribution in [0.25, 0.3) is 0 Å². The first-order valence-electron chi connectivity index (χ1n) is 6.48. The van der Waals surface area contributed by atoms with Crippen LogP contribution in [0.15, 0.2) is 23.1 Å². The quantitative estimate of drug-likeness (QED) is 0.632. The second kappa shape index (κ2) is 7.01. The van der Waals surface area contributed by atoms with Gasteiger partial charge in [0.05, 0.1) is 0 Å². The number of hydrogen-bond acceptors (Lipinski definition) is 1. The summed E-state index contributed by atoms with van der Waals surface area (Å²) in [6.07, 6.45) is 6.52. The van der Waals surface area contributed by atoms with Crippen LogP contribution < -0.4 is 0 Å².